The molecule has 0 unspecified atom stereocenters. The van der Waals surface area contributed by atoms with Crippen LogP contribution in [0.2, 0.25) is 4.34 Å². The van der Waals surface area contributed by atoms with Gasteiger partial charge in [-0.1, -0.05) is 41.9 Å². The minimum Gasteiger partial charge on any atom is -0.272 e. The maximum Gasteiger partial charge on any atom is 0.289 e. The Hall–Kier alpha value is -2.44. The van der Waals surface area contributed by atoms with Crippen molar-refractivity contribution >= 4 is 35.1 Å². The number of aromatic nitrogens is 2. The van der Waals surface area contributed by atoms with E-state index in [4.69, 9.17) is 11.6 Å². The molecule has 1 amide bonds. The third-order valence-corrected chi connectivity index (χ3v) is 4.01. The first-order valence-corrected chi connectivity index (χ1v) is 7.61. The lowest BCUT2D eigenvalue weighted by Crippen LogP contribution is -2.17. The quantitative estimate of drug-likeness (QED) is 0.567. The van der Waals surface area contributed by atoms with E-state index < -0.39 is 0 Å². The van der Waals surface area contributed by atoms with Crippen LogP contribution in [-0.2, 0) is 0 Å². The minimum absolute atomic E-state index is 0.347. The van der Waals surface area contributed by atoms with Crippen molar-refractivity contribution < 1.29 is 4.79 Å². The normalized spacial score (nSPS) is 11.0. The van der Waals surface area contributed by atoms with Gasteiger partial charge in [-0.25, -0.2) is 5.43 Å². The lowest BCUT2D eigenvalue weighted by Gasteiger charge is -1.94. The average Bonchev–Trinajstić information content (AvgIpc) is 3.17. The lowest BCUT2D eigenvalue weighted by atomic mass is 10.1. The molecule has 5 nitrogen and oxygen atoms in total. The van der Waals surface area contributed by atoms with Gasteiger partial charge in [0.2, 0.25) is 0 Å². The molecular formula is C15H11ClN4OS. The van der Waals surface area contributed by atoms with Gasteiger partial charge in [-0.2, -0.15) is 10.2 Å². The summed E-state index contributed by atoms with van der Waals surface area (Å²) in [5, 5.41) is 10.7. The number of nitrogens with one attached hydrogen (secondary N) is 2. The number of carbonyl (C=O) groups excluding carboxylic acids is 1. The van der Waals surface area contributed by atoms with Crippen molar-refractivity contribution in [3.8, 4) is 11.3 Å². The number of amides is 1. The first-order chi connectivity index (χ1) is 10.7. The molecule has 0 saturated carbocycles. The van der Waals surface area contributed by atoms with Crippen LogP contribution < -0.4 is 5.43 Å². The van der Waals surface area contributed by atoms with E-state index in [0.717, 1.165) is 10.4 Å². The van der Waals surface area contributed by atoms with E-state index in [2.05, 4.69) is 20.7 Å². The molecule has 7 heteroatoms. The van der Waals surface area contributed by atoms with Crippen molar-refractivity contribution in [2.75, 3.05) is 0 Å². The highest BCUT2D eigenvalue weighted by Gasteiger charge is 2.09. The van der Waals surface area contributed by atoms with E-state index in [1.54, 1.807) is 18.3 Å². The zero-order valence-corrected chi connectivity index (χ0v) is 12.9. The summed E-state index contributed by atoms with van der Waals surface area (Å²) in [5.74, 6) is -0.353. The molecular weight excluding hydrogens is 320 g/mol. The molecule has 1 aromatic carbocycles. The van der Waals surface area contributed by atoms with E-state index in [9.17, 15) is 4.79 Å². The summed E-state index contributed by atoms with van der Waals surface area (Å²) < 4.78 is 0.675. The topological polar surface area (TPSA) is 70.1 Å². The standard InChI is InChI=1S/C15H11ClN4OS/c16-14-7-6-11(22-14)9-17-20-15(21)13-8-12(18-19-13)10-4-2-1-3-5-10/h1-9H,(H,18,19)(H,20,21)/b17-9-. The summed E-state index contributed by atoms with van der Waals surface area (Å²) in [6.45, 7) is 0. The SMILES string of the molecule is O=C(N/N=C\c1ccc(Cl)s1)c1cc(-c2ccccc2)n[nH]1. The highest BCUT2D eigenvalue weighted by molar-refractivity contribution is 7.17. The number of hydrazone groups is 1. The zero-order chi connectivity index (χ0) is 15.4. The van der Waals surface area contributed by atoms with Gasteiger partial charge in [0.1, 0.15) is 5.69 Å². The van der Waals surface area contributed by atoms with Crippen LogP contribution in [0.1, 0.15) is 15.4 Å². The van der Waals surface area contributed by atoms with Gasteiger partial charge in [-0.05, 0) is 18.2 Å². The highest BCUT2D eigenvalue weighted by atomic mass is 35.5. The molecule has 2 N–H and O–H groups in total. The van der Waals surface area contributed by atoms with Crippen molar-refractivity contribution in [3.63, 3.8) is 0 Å². The Morgan fingerprint density at radius 1 is 1.27 bits per heavy atom. The first kappa shape index (κ1) is 14.5. The highest BCUT2D eigenvalue weighted by Crippen LogP contribution is 2.19. The third kappa shape index (κ3) is 3.41. The molecule has 0 saturated heterocycles. The Morgan fingerprint density at radius 3 is 2.82 bits per heavy atom. The number of nitrogens with zero attached hydrogens (tertiary/aromatic N) is 2. The van der Waals surface area contributed by atoms with Crippen molar-refractivity contribution in [2.24, 2.45) is 5.10 Å². The van der Waals surface area contributed by atoms with Crippen LogP contribution in [-0.4, -0.2) is 22.3 Å². The molecule has 110 valence electrons. The van der Waals surface area contributed by atoms with Gasteiger partial charge in [0.25, 0.3) is 5.91 Å². The van der Waals surface area contributed by atoms with Crippen LogP contribution in [0.4, 0.5) is 0 Å². The number of carbonyl (C=O) groups is 1. The Morgan fingerprint density at radius 2 is 2.09 bits per heavy atom. The predicted molar refractivity (Wildman–Crippen MR) is 88.4 cm³/mol. The number of hydrogen-bond acceptors (Lipinski definition) is 4. The number of halogens is 1. The number of thiophene rings is 1. The number of hydrogen-bond donors (Lipinski definition) is 2. The second-order valence-electron chi connectivity index (χ2n) is 4.37. The smallest absolute Gasteiger partial charge is 0.272 e. The van der Waals surface area contributed by atoms with Crippen LogP contribution in [0, 0.1) is 0 Å². The molecule has 3 rings (SSSR count). The van der Waals surface area contributed by atoms with E-state index in [1.165, 1.54) is 11.3 Å². The molecule has 2 aromatic heterocycles. The van der Waals surface area contributed by atoms with Gasteiger partial charge in [0.05, 0.1) is 16.2 Å². The fourth-order valence-corrected chi connectivity index (χ4v) is 2.74. The van der Waals surface area contributed by atoms with E-state index in [0.29, 0.717) is 15.7 Å². The lowest BCUT2D eigenvalue weighted by molar-refractivity contribution is 0.0950. The molecule has 0 fully saturated rings. The van der Waals surface area contributed by atoms with E-state index in [1.807, 2.05) is 36.4 Å². The summed E-state index contributed by atoms with van der Waals surface area (Å²) in [6, 6.07) is 14.9. The molecule has 0 aliphatic carbocycles. The molecule has 0 atom stereocenters. The van der Waals surface area contributed by atoms with Crippen molar-refractivity contribution in [2.45, 2.75) is 0 Å². The molecule has 0 radical (unpaired) electrons. The molecule has 0 spiro atoms. The Bertz CT molecular complexity index is 810. The van der Waals surface area contributed by atoms with Gasteiger partial charge in [0, 0.05) is 10.4 Å². The maximum absolute atomic E-state index is 12.0. The zero-order valence-electron chi connectivity index (χ0n) is 11.3. The molecule has 0 aliphatic heterocycles. The summed E-state index contributed by atoms with van der Waals surface area (Å²) >= 11 is 7.20. The molecule has 3 aromatic rings. The minimum atomic E-state index is -0.353. The van der Waals surface area contributed by atoms with Crippen LogP contribution in [0.25, 0.3) is 11.3 Å². The van der Waals surface area contributed by atoms with Crippen molar-refractivity contribution in [1.82, 2.24) is 15.6 Å². The summed E-state index contributed by atoms with van der Waals surface area (Å²) in [5.41, 5.74) is 4.44. The van der Waals surface area contributed by atoms with Gasteiger partial charge in [-0.15, -0.1) is 11.3 Å². The molecule has 0 bridgehead atoms. The fourth-order valence-electron chi connectivity index (χ4n) is 1.81. The monoisotopic (exact) mass is 330 g/mol. The first-order valence-electron chi connectivity index (χ1n) is 6.42. The summed E-state index contributed by atoms with van der Waals surface area (Å²) in [6.07, 6.45) is 1.54. The van der Waals surface area contributed by atoms with Gasteiger partial charge in [0.15, 0.2) is 0 Å². The Kier molecular flexibility index (Phi) is 4.32. The average molecular weight is 331 g/mol. The van der Waals surface area contributed by atoms with Crippen LogP contribution in [0.15, 0.2) is 53.6 Å². The Labute approximate surface area is 135 Å². The number of aromatic amines is 1. The van der Waals surface area contributed by atoms with Gasteiger partial charge >= 0.3 is 0 Å². The van der Waals surface area contributed by atoms with Gasteiger partial charge < -0.3 is 0 Å². The third-order valence-electron chi connectivity index (χ3n) is 2.84. The second-order valence-corrected chi connectivity index (χ2v) is 6.12. The van der Waals surface area contributed by atoms with Crippen molar-refractivity contribution in [3.05, 3.63) is 63.4 Å². The van der Waals surface area contributed by atoms with Crippen LogP contribution >= 0.6 is 22.9 Å². The Balaban J connectivity index is 1.66. The second kappa shape index (κ2) is 6.55. The fraction of sp³-hybridized carbons (Fsp3) is 0. The molecule has 0 aliphatic rings. The van der Waals surface area contributed by atoms with Crippen LogP contribution in [0.5, 0.6) is 0 Å². The van der Waals surface area contributed by atoms with Crippen molar-refractivity contribution in [1.29, 1.82) is 0 Å². The number of rotatable bonds is 4. The predicted octanol–water partition coefficient (Wildman–Crippen LogP) is 3.56. The largest absolute Gasteiger partial charge is 0.289 e. The van der Waals surface area contributed by atoms with E-state index in [-0.39, 0.29) is 5.91 Å². The maximum atomic E-state index is 12.0. The summed E-state index contributed by atoms with van der Waals surface area (Å²) in [4.78, 5) is 12.8. The van der Waals surface area contributed by atoms with E-state index >= 15 is 0 Å². The summed E-state index contributed by atoms with van der Waals surface area (Å²) in [7, 11) is 0. The number of benzene rings is 1. The molecule has 2 heterocycles. The number of H-pyrrole nitrogens is 1. The van der Waals surface area contributed by atoms with Crippen LogP contribution in [0.3, 0.4) is 0 Å². The van der Waals surface area contributed by atoms with Gasteiger partial charge in [-0.3, -0.25) is 9.89 Å². The molecule has 22 heavy (non-hydrogen) atoms.